The van der Waals surface area contributed by atoms with Gasteiger partial charge in [-0.05, 0) is 30.2 Å². The highest BCUT2D eigenvalue weighted by Crippen LogP contribution is 2.21. The highest BCUT2D eigenvalue weighted by Gasteiger charge is 2.25. The third kappa shape index (κ3) is 5.57. The molecule has 6 heteroatoms. The lowest BCUT2D eigenvalue weighted by atomic mass is 10.1. The molecular weight excluding hydrogens is 356 g/mol. The first-order valence-electron chi connectivity index (χ1n) is 9.58. The molecule has 1 saturated heterocycles. The predicted octanol–water partition coefficient (Wildman–Crippen LogP) is 2.34. The third-order valence-electron chi connectivity index (χ3n) is 4.63. The molecule has 0 saturated carbocycles. The molecule has 1 unspecified atom stereocenters. The van der Waals surface area contributed by atoms with Crippen molar-refractivity contribution in [3.8, 4) is 5.75 Å². The molecule has 1 N–H and O–H groups in total. The Balaban J connectivity index is 1.46. The molecule has 2 amide bonds. The van der Waals surface area contributed by atoms with E-state index in [9.17, 15) is 9.59 Å². The average molecular weight is 382 g/mol. The van der Waals surface area contributed by atoms with Crippen molar-refractivity contribution in [2.75, 3.05) is 32.8 Å². The Kier molecular flexibility index (Phi) is 7.03. The maximum Gasteiger partial charge on any atom is 0.242 e. The van der Waals surface area contributed by atoms with Gasteiger partial charge in [0.2, 0.25) is 11.8 Å². The van der Waals surface area contributed by atoms with E-state index < -0.39 is 0 Å². The van der Waals surface area contributed by atoms with Gasteiger partial charge in [0.05, 0.1) is 32.7 Å². The third-order valence-corrected chi connectivity index (χ3v) is 4.63. The van der Waals surface area contributed by atoms with E-state index in [2.05, 4.69) is 5.32 Å². The molecule has 28 heavy (non-hydrogen) atoms. The molecular formula is C22H26N2O4. The molecule has 0 radical (unpaired) electrons. The van der Waals surface area contributed by atoms with Crippen LogP contribution in [0.4, 0.5) is 0 Å². The maximum atomic E-state index is 12.5. The van der Waals surface area contributed by atoms with Gasteiger partial charge in [0.1, 0.15) is 11.9 Å². The minimum Gasteiger partial charge on any atom is -0.494 e. The number of rotatable bonds is 7. The van der Waals surface area contributed by atoms with Crippen LogP contribution in [-0.2, 0) is 20.7 Å². The number of carbonyl (C=O) groups is 2. The van der Waals surface area contributed by atoms with Crippen LogP contribution in [-0.4, -0.2) is 49.6 Å². The van der Waals surface area contributed by atoms with Crippen molar-refractivity contribution in [3.05, 3.63) is 65.7 Å². The van der Waals surface area contributed by atoms with Crippen LogP contribution in [0.1, 0.15) is 24.2 Å². The van der Waals surface area contributed by atoms with Crippen molar-refractivity contribution in [1.29, 1.82) is 0 Å². The molecule has 6 nitrogen and oxygen atoms in total. The van der Waals surface area contributed by atoms with E-state index in [0.717, 1.165) is 16.9 Å². The van der Waals surface area contributed by atoms with Crippen LogP contribution in [0.3, 0.4) is 0 Å². The molecule has 2 aromatic rings. The number of nitrogens with one attached hydrogen (secondary N) is 1. The average Bonchev–Trinajstić information content (AvgIpc) is 2.74. The lowest BCUT2D eigenvalue weighted by Gasteiger charge is -2.33. The Morgan fingerprint density at radius 2 is 1.89 bits per heavy atom. The lowest BCUT2D eigenvalue weighted by molar-refractivity contribution is -0.139. The van der Waals surface area contributed by atoms with Crippen molar-refractivity contribution in [2.24, 2.45) is 0 Å². The smallest absolute Gasteiger partial charge is 0.242 e. The van der Waals surface area contributed by atoms with Gasteiger partial charge in [-0.25, -0.2) is 0 Å². The Morgan fingerprint density at radius 1 is 1.14 bits per heavy atom. The van der Waals surface area contributed by atoms with Crippen molar-refractivity contribution in [1.82, 2.24) is 10.2 Å². The first kappa shape index (κ1) is 19.9. The van der Waals surface area contributed by atoms with Crippen LogP contribution in [0.2, 0.25) is 0 Å². The van der Waals surface area contributed by atoms with Gasteiger partial charge in [-0.1, -0.05) is 42.5 Å². The van der Waals surface area contributed by atoms with Gasteiger partial charge in [-0.15, -0.1) is 0 Å². The van der Waals surface area contributed by atoms with E-state index >= 15 is 0 Å². The van der Waals surface area contributed by atoms with Gasteiger partial charge in [0.15, 0.2) is 0 Å². The Labute approximate surface area is 165 Å². The van der Waals surface area contributed by atoms with Crippen LogP contribution in [0.15, 0.2) is 54.6 Å². The van der Waals surface area contributed by atoms with Gasteiger partial charge in [-0.2, -0.15) is 0 Å². The number of carbonyl (C=O) groups excluding carboxylic acids is 2. The molecule has 2 aromatic carbocycles. The van der Waals surface area contributed by atoms with Gasteiger partial charge in [0, 0.05) is 6.54 Å². The molecule has 0 spiro atoms. The van der Waals surface area contributed by atoms with E-state index in [4.69, 9.17) is 9.47 Å². The fraction of sp³-hybridized carbons (Fsp3) is 0.364. The number of amides is 2. The molecule has 1 fully saturated rings. The van der Waals surface area contributed by atoms with Crippen LogP contribution in [0.5, 0.6) is 5.75 Å². The van der Waals surface area contributed by atoms with Crippen LogP contribution in [0.25, 0.3) is 0 Å². The standard InChI is InChI=1S/C22H26N2O4/c1-2-27-19-10-8-17(9-11-19)14-21(25)23-15-22(26)24-12-13-28-20(16-24)18-6-4-3-5-7-18/h3-11,20H,2,12-16H2,1H3,(H,23,25). The zero-order valence-corrected chi connectivity index (χ0v) is 16.1. The number of hydrogen-bond acceptors (Lipinski definition) is 4. The minimum atomic E-state index is -0.176. The quantitative estimate of drug-likeness (QED) is 0.798. The number of morpholine rings is 1. The van der Waals surface area contributed by atoms with Crippen molar-refractivity contribution >= 4 is 11.8 Å². The predicted molar refractivity (Wildman–Crippen MR) is 106 cm³/mol. The zero-order chi connectivity index (χ0) is 19.8. The van der Waals surface area contributed by atoms with E-state index in [0.29, 0.717) is 26.3 Å². The second kappa shape index (κ2) is 9.90. The molecule has 1 heterocycles. The molecule has 0 aromatic heterocycles. The summed E-state index contributed by atoms with van der Waals surface area (Å²) in [5, 5.41) is 2.72. The largest absolute Gasteiger partial charge is 0.494 e. The van der Waals surface area contributed by atoms with Gasteiger partial charge < -0.3 is 19.7 Å². The summed E-state index contributed by atoms with van der Waals surface area (Å²) in [6, 6.07) is 17.3. The SMILES string of the molecule is CCOc1ccc(CC(=O)NCC(=O)N2CCOC(c3ccccc3)C2)cc1. The highest BCUT2D eigenvalue weighted by atomic mass is 16.5. The molecule has 1 aliphatic heterocycles. The second-order valence-corrected chi connectivity index (χ2v) is 6.64. The summed E-state index contributed by atoms with van der Waals surface area (Å²) in [6.07, 6.45) is 0.105. The summed E-state index contributed by atoms with van der Waals surface area (Å²) in [6.45, 7) is 4.06. The van der Waals surface area contributed by atoms with E-state index in [1.807, 2.05) is 61.5 Å². The molecule has 1 atom stereocenters. The lowest BCUT2D eigenvalue weighted by Crippen LogP contribution is -2.46. The minimum absolute atomic E-state index is 0.00261. The molecule has 148 valence electrons. The summed E-state index contributed by atoms with van der Waals surface area (Å²) in [5.41, 5.74) is 1.93. The van der Waals surface area contributed by atoms with E-state index in [-0.39, 0.29) is 30.9 Å². The zero-order valence-electron chi connectivity index (χ0n) is 16.1. The Morgan fingerprint density at radius 3 is 2.61 bits per heavy atom. The number of hydrogen-bond donors (Lipinski definition) is 1. The number of benzene rings is 2. The Hall–Kier alpha value is -2.86. The van der Waals surface area contributed by atoms with Crippen LogP contribution >= 0.6 is 0 Å². The fourth-order valence-electron chi connectivity index (χ4n) is 3.15. The fourth-order valence-corrected chi connectivity index (χ4v) is 3.15. The van der Waals surface area contributed by atoms with E-state index in [1.165, 1.54) is 0 Å². The molecule has 3 rings (SSSR count). The van der Waals surface area contributed by atoms with Crippen molar-refractivity contribution in [2.45, 2.75) is 19.4 Å². The summed E-state index contributed by atoms with van der Waals surface area (Å²) >= 11 is 0. The molecule has 0 aliphatic carbocycles. The first-order chi connectivity index (χ1) is 13.7. The summed E-state index contributed by atoms with van der Waals surface area (Å²) in [4.78, 5) is 26.4. The van der Waals surface area contributed by atoms with E-state index in [1.54, 1.807) is 4.90 Å². The van der Waals surface area contributed by atoms with Crippen molar-refractivity contribution in [3.63, 3.8) is 0 Å². The molecule has 0 bridgehead atoms. The maximum absolute atomic E-state index is 12.5. The summed E-state index contributed by atoms with van der Waals surface area (Å²) < 4.78 is 11.2. The van der Waals surface area contributed by atoms with Gasteiger partial charge in [-0.3, -0.25) is 9.59 Å². The summed E-state index contributed by atoms with van der Waals surface area (Å²) in [7, 11) is 0. The molecule has 1 aliphatic rings. The monoisotopic (exact) mass is 382 g/mol. The van der Waals surface area contributed by atoms with Crippen molar-refractivity contribution < 1.29 is 19.1 Å². The van der Waals surface area contributed by atoms with Crippen LogP contribution < -0.4 is 10.1 Å². The van der Waals surface area contributed by atoms with Gasteiger partial charge in [0.25, 0.3) is 0 Å². The number of ether oxygens (including phenoxy) is 2. The summed E-state index contributed by atoms with van der Waals surface area (Å²) in [5.74, 6) is 0.511. The van der Waals surface area contributed by atoms with Gasteiger partial charge >= 0.3 is 0 Å². The number of nitrogens with zero attached hydrogens (tertiary/aromatic N) is 1. The van der Waals surface area contributed by atoms with Crippen LogP contribution in [0, 0.1) is 0 Å². The normalized spacial score (nSPS) is 16.5. The Bertz CT molecular complexity index is 777. The first-order valence-corrected chi connectivity index (χ1v) is 9.58. The highest BCUT2D eigenvalue weighted by molar-refractivity contribution is 5.85. The second-order valence-electron chi connectivity index (χ2n) is 6.64. The topological polar surface area (TPSA) is 67.9 Å².